The molecule has 1 heterocycles. The van der Waals surface area contributed by atoms with Crippen molar-refractivity contribution < 1.29 is 27.9 Å². The van der Waals surface area contributed by atoms with Crippen LogP contribution in [0.2, 0.25) is 0 Å². The van der Waals surface area contributed by atoms with E-state index in [2.05, 4.69) is 43.2 Å². The summed E-state index contributed by atoms with van der Waals surface area (Å²) in [6, 6.07) is 7.48. The number of carboxylic acids is 1. The zero-order valence-corrected chi connectivity index (χ0v) is 21.9. The van der Waals surface area contributed by atoms with Gasteiger partial charge in [0.05, 0.1) is 17.1 Å². The van der Waals surface area contributed by atoms with Crippen LogP contribution in [0.3, 0.4) is 0 Å². The van der Waals surface area contributed by atoms with Gasteiger partial charge in [0.15, 0.2) is 0 Å². The maximum absolute atomic E-state index is 14.1. The molecule has 0 aliphatic rings. The minimum atomic E-state index is -1.12. The largest absolute Gasteiger partial charge is 0.478 e. The van der Waals surface area contributed by atoms with Crippen LogP contribution >= 0.6 is 0 Å². The standard InChI is InChI=1S/C28H33F2N3O4/c1-15(2)13-33(14-16(3)4)24-10-7-19(25-17(5)37-18(6)26(25)27(34)35)11-23(24)32-28(36)31-22-9-8-20(29)12-21(22)30/h7-12,15-16H,13-14H2,1-6H3,(H,34,35)(H2,31,32,36). The lowest BCUT2D eigenvalue weighted by atomic mass is 9.98. The quantitative estimate of drug-likeness (QED) is 0.279. The number of hydrogen-bond donors (Lipinski definition) is 3. The second kappa shape index (κ2) is 11.5. The third-order valence-corrected chi connectivity index (χ3v) is 5.70. The summed E-state index contributed by atoms with van der Waals surface area (Å²) < 4.78 is 33.0. The number of carboxylic acid groups (broad SMARTS) is 1. The highest BCUT2D eigenvalue weighted by atomic mass is 19.1. The van der Waals surface area contributed by atoms with Gasteiger partial charge in [0.25, 0.3) is 0 Å². The first-order valence-electron chi connectivity index (χ1n) is 12.1. The highest BCUT2D eigenvalue weighted by molar-refractivity contribution is 6.03. The Morgan fingerprint density at radius 2 is 1.54 bits per heavy atom. The fourth-order valence-electron chi connectivity index (χ4n) is 4.38. The molecule has 3 N–H and O–H groups in total. The first-order chi connectivity index (χ1) is 17.4. The zero-order valence-electron chi connectivity index (χ0n) is 21.9. The highest BCUT2D eigenvalue weighted by Crippen LogP contribution is 2.37. The van der Waals surface area contributed by atoms with E-state index in [4.69, 9.17) is 4.42 Å². The summed E-state index contributed by atoms with van der Waals surface area (Å²) >= 11 is 0. The molecule has 3 rings (SSSR count). The van der Waals surface area contributed by atoms with Gasteiger partial charge in [0, 0.05) is 24.7 Å². The number of amides is 2. The van der Waals surface area contributed by atoms with Crippen molar-refractivity contribution in [1.82, 2.24) is 0 Å². The van der Waals surface area contributed by atoms with Gasteiger partial charge in [-0.3, -0.25) is 0 Å². The number of rotatable bonds is 9. The number of nitrogens with zero attached hydrogens (tertiary/aromatic N) is 1. The Bertz CT molecular complexity index is 1290. The number of aryl methyl sites for hydroxylation is 2. The molecule has 0 saturated heterocycles. The number of carbonyl (C=O) groups is 2. The molecule has 1 aromatic heterocycles. The maximum Gasteiger partial charge on any atom is 0.339 e. The van der Waals surface area contributed by atoms with Crippen LogP contribution in [0.25, 0.3) is 11.1 Å². The second-order valence-corrected chi connectivity index (χ2v) is 9.90. The number of hydrogen-bond acceptors (Lipinski definition) is 4. The molecular formula is C28H33F2N3O4. The number of carbonyl (C=O) groups excluding carboxylic acids is 1. The SMILES string of the molecule is Cc1oc(C)c(-c2ccc(N(CC(C)C)CC(C)C)c(NC(=O)Nc3ccc(F)cc3F)c2)c1C(=O)O. The van der Waals surface area contributed by atoms with Crippen molar-refractivity contribution in [2.24, 2.45) is 11.8 Å². The van der Waals surface area contributed by atoms with Crippen molar-refractivity contribution >= 4 is 29.1 Å². The summed E-state index contributed by atoms with van der Waals surface area (Å²) in [5, 5.41) is 15.0. The van der Waals surface area contributed by atoms with Crippen molar-refractivity contribution in [1.29, 1.82) is 0 Å². The van der Waals surface area contributed by atoms with Gasteiger partial charge in [-0.1, -0.05) is 33.8 Å². The molecule has 0 radical (unpaired) electrons. The molecule has 37 heavy (non-hydrogen) atoms. The molecule has 0 unspecified atom stereocenters. The van der Waals surface area contributed by atoms with Crippen molar-refractivity contribution in [3.05, 3.63) is 65.1 Å². The molecule has 0 atom stereocenters. The lowest BCUT2D eigenvalue weighted by Crippen LogP contribution is -2.32. The van der Waals surface area contributed by atoms with Crippen LogP contribution < -0.4 is 15.5 Å². The molecule has 7 nitrogen and oxygen atoms in total. The lowest BCUT2D eigenvalue weighted by molar-refractivity contribution is 0.0695. The van der Waals surface area contributed by atoms with Crippen LogP contribution in [0.4, 0.5) is 30.6 Å². The first kappa shape index (κ1) is 27.7. The van der Waals surface area contributed by atoms with Crippen LogP contribution in [0.5, 0.6) is 0 Å². The van der Waals surface area contributed by atoms with E-state index in [-0.39, 0.29) is 17.0 Å². The third-order valence-electron chi connectivity index (χ3n) is 5.70. The average Bonchev–Trinajstić information content (AvgIpc) is 3.08. The van der Waals surface area contributed by atoms with Gasteiger partial charge in [-0.05, 0) is 55.5 Å². The summed E-state index contributed by atoms with van der Waals surface area (Å²) in [6.07, 6.45) is 0. The van der Waals surface area contributed by atoms with E-state index in [1.54, 1.807) is 26.0 Å². The molecule has 0 spiro atoms. The number of aromatic carboxylic acids is 1. The van der Waals surface area contributed by atoms with Gasteiger partial charge in [-0.2, -0.15) is 0 Å². The van der Waals surface area contributed by atoms with Gasteiger partial charge >= 0.3 is 12.0 Å². The fraction of sp³-hybridized carbons (Fsp3) is 0.357. The van der Waals surface area contributed by atoms with Gasteiger partial charge in [0.1, 0.15) is 28.7 Å². The summed E-state index contributed by atoms with van der Waals surface area (Å²) in [5.41, 5.74) is 1.99. The molecular weight excluding hydrogens is 480 g/mol. The van der Waals surface area contributed by atoms with E-state index < -0.39 is 23.6 Å². The monoisotopic (exact) mass is 513 g/mol. The molecule has 0 aliphatic carbocycles. The number of urea groups is 1. The zero-order chi connectivity index (χ0) is 27.4. The van der Waals surface area contributed by atoms with E-state index >= 15 is 0 Å². The summed E-state index contributed by atoms with van der Waals surface area (Å²) in [4.78, 5) is 27.0. The minimum absolute atomic E-state index is 0.0512. The molecule has 2 aromatic carbocycles. The van der Waals surface area contributed by atoms with Crippen LogP contribution in [-0.2, 0) is 0 Å². The molecule has 198 valence electrons. The first-order valence-corrected chi connectivity index (χ1v) is 12.1. The number of halogens is 2. The van der Waals surface area contributed by atoms with E-state index in [1.807, 2.05) is 6.07 Å². The van der Waals surface area contributed by atoms with Crippen LogP contribution in [-0.4, -0.2) is 30.2 Å². The lowest BCUT2D eigenvalue weighted by Gasteiger charge is -2.30. The Labute approximate surface area is 215 Å². The maximum atomic E-state index is 14.1. The van der Waals surface area contributed by atoms with Crippen molar-refractivity contribution in [3.63, 3.8) is 0 Å². The molecule has 0 bridgehead atoms. The molecule has 0 fully saturated rings. The van der Waals surface area contributed by atoms with Crippen molar-refractivity contribution in [2.45, 2.75) is 41.5 Å². The Kier molecular flexibility index (Phi) is 8.57. The highest BCUT2D eigenvalue weighted by Gasteiger charge is 2.24. The van der Waals surface area contributed by atoms with Gasteiger partial charge in [-0.25, -0.2) is 18.4 Å². The van der Waals surface area contributed by atoms with Crippen LogP contribution in [0, 0.1) is 37.3 Å². The van der Waals surface area contributed by atoms with Gasteiger partial charge in [-0.15, -0.1) is 0 Å². The second-order valence-electron chi connectivity index (χ2n) is 9.90. The van der Waals surface area contributed by atoms with Gasteiger partial charge in [0.2, 0.25) is 0 Å². The molecule has 3 aromatic rings. The molecule has 9 heteroatoms. The summed E-state index contributed by atoms with van der Waals surface area (Å²) in [5.74, 6) is -1.40. The van der Waals surface area contributed by atoms with Crippen molar-refractivity contribution in [2.75, 3.05) is 28.6 Å². The number of anilines is 3. The van der Waals surface area contributed by atoms with E-state index in [1.165, 1.54) is 0 Å². The number of furan rings is 1. The van der Waals surface area contributed by atoms with Crippen LogP contribution in [0.15, 0.2) is 40.8 Å². The molecule has 0 aliphatic heterocycles. The van der Waals surface area contributed by atoms with E-state index in [0.29, 0.717) is 53.6 Å². The average molecular weight is 514 g/mol. The third kappa shape index (κ3) is 6.67. The fourth-order valence-corrected chi connectivity index (χ4v) is 4.38. The Balaban J connectivity index is 2.09. The summed E-state index contributed by atoms with van der Waals surface area (Å²) in [6.45, 7) is 13.1. The predicted octanol–water partition coefficient (Wildman–Crippen LogP) is 7.30. The minimum Gasteiger partial charge on any atom is -0.478 e. The summed E-state index contributed by atoms with van der Waals surface area (Å²) in [7, 11) is 0. The van der Waals surface area contributed by atoms with Crippen LogP contribution in [0.1, 0.15) is 49.6 Å². The van der Waals surface area contributed by atoms with E-state index in [0.717, 1.165) is 17.8 Å². The Hall–Kier alpha value is -3.88. The number of benzene rings is 2. The molecule has 0 saturated carbocycles. The van der Waals surface area contributed by atoms with Gasteiger partial charge < -0.3 is 25.1 Å². The van der Waals surface area contributed by atoms with Crippen molar-refractivity contribution in [3.8, 4) is 11.1 Å². The number of nitrogens with one attached hydrogen (secondary N) is 2. The van der Waals surface area contributed by atoms with E-state index in [9.17, 15) is 23.5 Å². The molecule has 2 amide bonds. The predicted molar refractivity (Wildman–Crippen MR) is 141 cm³/mol. The normalized spacial score (nSPS) is 11.2. The smallest absolute Gasteiger partial charge is 0.339 e. The Morgan fingerprint density at radius 3 is 2.11 bits per heavy atom. The Morgan fingerprint density at radius 1 is 0.919 bits per heavy atom. The topological polar surface area (TPSA) is 94.8 Å².